The van der Waals surface area contributed by atoms with Crippen molar-refractivity contribution >= 4 is 54.8 Å². The first-order valence-electron chi connectivity index (χ1n) is 5.54. The predicted molar refractivity (Wildman–Crippen MR) is 86.7 cm³/mol. The zero-order chi connectivity index (χ0) is 13.1. The molecule has 2 rings (SSSR count). The summed E-state index contributed by atoms with van der Waals surface area (Å²) in [5.41, 5.74) is 1.10. The molecule has 0 aliphatic carbocycles. The van der Waals surface area contributed by atoms with Crippen molar-refractivity contribution in [3.05, 3.63) is 54.1 Å². The summed E-state index contributed by atoms with van der Waals surface area (Å²) in [4.78, 5) is 1.25. The maximum absolute atomic E-state index is 6.35. The molecule has 18 heavy (non-hydrogen) atoms. The second-order valence-electron chi connectivity index (χ2n) is 3.79. The number of benzene rings is 1. The van der Waals surface area contributed by atoms with E-state index in [0.717, 1.165) is 26.1 Å². The lowest BCUT2D eigenvalue weighted by Gasteiger charge is -2.19. The Hall–Kier alpha value is 0.130. The van der Waals surface area contributed by atoms with Crippen molar-refractivity contribution in [1.29, 1.82) is 0 Å². The first-order valence-corrected chi connectivity index (χ1v) is 8.39. The number of hydrogen-bond acceptors (Lipinski definition) is 2. The minimum absolute atomic E-state index is 0.130. The third kappa shape index (κ3) is 3.17. The highest BCUT2D eigenvalue weighted by molar-refractivity contribution is 9.10. The standard InChI is InChI=1S/C13H12Br2ClNS/c1-2-17-12(13-10(15)5-6-18-13)9-4-3-8(14)7-11(9)16/h3-7,12,17H,2H2,1H3. The van der Waals surface area contributed by atoms with E-state index in [0.29, 0.717) is 0 Å². The summed E-state index contributed by atoms with van der Waals surface area (Å²) in [6.07, 6.45) is 0. The summed E-state index contributed by atoms with van der Waals surface area (Å²) in [5, 5.41) is 6.34. The minimum atomic E-state index is 0.130. The molecule has 0 radical (unpaired) electrons. The van der Waals surface area contributed by atoms with Crippen molar-refractivity contribution in [3.63, 3.8) is 0 Å². The summed E-state index contributed by atoms with van der Waals surface area (Å²) in [6.45, 7) is 2.99. The fraction of sp³-hybridized carbons (Fsp3) is 0.231. The molecule has 96 valence electrons. The summed E-state index contributed by atoms with van der Waals surface area (Å²) in [5.74, 6) is 0. The molecule has 1 nitrogen and oxygen atoms in total. The van der Waals surface area contributed by atoms with Crippen molar-refractivity contribution in [3.8, 4) is 0 Å². The molecule has 0 aliphatic heterocycles. The van der Waals surface area contributed by atoms with E-state index in [1.807, 2.05) is 12.1 Å². The van der Waals surface area contributed by atoms with E-state index in [-0.39, 0.29) is 6.04 Å². The largest absolute Gasteiger partial charge is 0.306 e. The van der Waals surface area contributed by atoms with Gasteiger partial charge in [-0.3, -0.25) is 0 Å². The van der Waals surface area contributed by atoms with Gasteiger partial charge in [0.05, 0.1) is 6.04 Å². The molecule has 0 spiro atoms. The second-order valence-corrected chi connectivity index (χ2v) is 6.91. The van der Waals surface area contributed by atoms with Crippen molar-refractivity contribution in [2.75, 3.05) is 6.54 Å². The van der Waals surface area contributed by atoms with Gasteiger partial charge in [-0.25, -0.2) is 0 Å². The molecule has 1 N–H and O–H groups in total. The van der Waals surface area contributed by atoms with Gasteiger partial charge in [0.25, 0.3) is 0 Å². The number of halogens is 3. The lowest BCUT2D eigenvalue weighted by Crippen LogP contribution is -2.21. The van der Waals surface area contributed by atoms with Crippen LogP contribution in [0.5, 0.6) is 0 Å². The van der Waals surface area contributed by atoms with Crippen LogP contribution in [0.25, 0.3) is 0 Å². The average molecular weight is 410 g/mol. The monoisotopic (exact) mass is 407 g/mol. The minimum Gasteiger partial charge on any atom is -0.306 e. The van der Waals surface area contributed by atoms with Crippen LogP contribution in [0.3, 0.4) is 0 Å². The van der Waals surface area contributed by atoms with Crippen molar-refractivity contribution in [2.45, 2.75) is 13.0 Å². The topological polar surface area (TPSA) is 12.0 Å². The first kappa shape index (κ1) is 14.5. The van der Waals surface area contributed by atoms with Crippen LogP contribution in [0.4, 0.5) is 0 Å². The van der Waals surface area contributed by atoms with Crippen LogP contribution in [-0.4, -0.2) is 6.54 Å². The summed E-state index contributed by atoms with van der Waals surface area (Å²) in [6, 6.07) is 8.21. The van der Waals surface area contributed by atoms with Crippen LogP contribution in [0, 0.1) is 0 Å². The second kappa shape index (κ2) is 6.53. The highest BCUT2D eigenvalue weighted by Crippen LogP contribution is 2.36. The molecule has 0 saturated heterocycles. The van der Waals surface area contributed by atoms with Crippen LogP contribution in [0.2, 0.25) is 5.02 Å². The quantitative estimate of drug-likeness (QED) is 0.690. The van der Waals surface area contributed by atoms with Crippen LogP contribution >= 0.6 is 54.8 Å². The lowest BCUT2D eigenvalue weighted by atomic mass is 10.1. The average Bonchev–Trinajstić information content (AvgIpc) is 2.73. The number of rotatable bonds is 4. The summed E-state index contributed by atoms with van der Waals surface area (Å²) < 4.78 is 2.12. The van der Waals surface area contributed by atoms with Crippen molar-refractivity contribution in [1.82, 2.24) is 5.32 Å². The van der Waals surface area contributed by atoms with Crippen LogP contribution < -0.4 is 5.32 Å². The van der Waals surface area contributed by atoms with Gasteiger partial charge in [0.2, 0.25) is 0 Å². The van der Waals surface area contributed by atoms with Crippen molar-refractivity contribution in [2.24, 2.45) is 0 Å². The molecule has 1 heterocycles. The molecule has 0 amide bonds. The van der Waals surface area contributed by atoms with Gasteiger partial charge in [-0.1, -0.05) is 40.5 Å². The molecular formula is C13H12Br2ClNS. The van der Waals surface area contributed by atoms with Gasteiger partial charge in [-0.15, -0.1) is 11.3 Å². The van der Waals surface area contributed by atoms with Crippen LogP contribution in [0.1, 0.15) is 23.4 Å². The van der Waals surface area contributed by atoms with Gasteiger partial charge < -0.3 is 5.32 Å². The van der Waals surface area contributed by atoms with Crippen molar-refractivity contribution < 1.29 is 0 Å². The normalized spacial score (nSPS) is 12.7. The maximum Gasteiger partial charge on any atom is 0.0696 e. The van der Waals surface area contributed by atoms with E-state index < -0.39 is 0 Å². The molecule has 1 aromatic carbocycles. The van der Waals surface area contributed by atoms with Gasteiger partial charge in [-0.05, 0) is 51.6 Å². The van der Waals surface area contributed by atoms with Gasteiger partial charge in [0.1, 0.15) is 0 Å². The zero-order valence-electron chi connectivity index (χ0n) is 9.71. The highest BCUT2D eigenvalue weighted by Gasteiger charge is 2.19. The van der Waals surface area contributed by atoms with Gasteiger partial charge in [0, 0.05) is 18.8 Å². The Bertz CT molecular complexity index is 542. The molecule has 0 aliphatic rings. The Labute approximate surface area is 133 Å². The summed E-state index contributed by atoms with van der Waals surface area (Å²) in [7, 11) is 0. The van der Waals surface area contributed by atoms with Crippen LogP contribution in [-0.2, 0) is 0 Å². The van der Waals surface area contributed by atoms with E-state index >= 15 is 0 Å². The van der Waals surface area contributed by atoms with Crippen LogP contribution in [0.15, 0.2) is 38.6 Å². The Kier molecular flexibility index (Phi) is 5.27. The van der Waals surface area contributed by atoms with E-state index in [4.69, 9.17) is 11.6 Å². The predicted octanol–water partition coefficient (Wildman–Crippen LogP) is 5.63. The third-order valence-corrected chi connectivity index (χ3v) is 5.34. The zero-order valence-corrected chi connectivity index (χ0v) is 14.5. The maximum atomic E-state index is 6.35. The molecule has 5 heteroatoms. The van der Waals surface area contributed by atoms with E-state index in [9.17, 15) is 0 Å². The SMILES string of the molecule is CCNC(c1ccc(Br)cc1Cl)c1sccc1Br. The molecule has 1 aromatic heterocycles. The Balaban J connectivity index is 2.45. The summed E-state index contributed by atoms with van der Waals surface area (Å²) >= 11 is 15.1. The van der Waals surface area contributed by atoms with Gasteiger partial charge >= 0.3 is 0 Å². The number of hydrogen-bond donors (Lipinski definition) is 1. The fourth-order valence-corrected chi connectivity index (χ4v) is 4.27. The third-order valence-electron chi connectivity index (χ3n) is 2.59. The van der Waals surface area contributed by atoms with Gasteiger partial charge in [0.15, 0.2) is 0 Å². The molecule has 2 aromatic rings. The number of nitrogens with one attached hydrogen (secondary N) is 1. The van der Waals surface area contributed by atoms with E-state index in [1.165, 1.54) is 4.88 Å². The molecule has 1 unspecified atom stereocenters. The Morgan fingerprint density at radius 1 is 1.33 bits per heavy atom. The molecular weight excluding hydrogens is 397 g/mol. The smallest absolute Gasteiger partial charge is 0.0696 e. The Morgan fingerprint density at radius 3 is 2.67 bits per heavy atom. The highest BCUT2D eigenvalue weighted by atomic mass is 79.9. The molecule has 1 atom stereocenters. The van der Waals surface area contributed by atoms with E-state index in [1.54, 1.807) is 11.3 Å². The first-order chi connectivity index (χ1) is 8.63. The van der Waals surface area contributed by atoms with Gasteiger partial charge in [-0.2, -0.15) is 0 Å². The van der Waals surface area contributed by atoms with E-state index in [2.05, 4.69) is 61.6 Å². The molecule has 0 fully saturated rings. The fourth-order valence-electron chi connectivity index (χ4n) is 1.80. The molecule has 0 bridgehead atoms. The molecule has 0 saturated carbocycles. The lowest BCUT2D eigenvalue weighted by molar-refractivity contribution is 0.638. The Morgan fingerprint density at radius 2 is 2.11 bits per heavy atom. The number of thiophene rings is 1.